The van der Waals surface area contributed by atoms with Crippen LogP contribution in [0.4, 0.5) is 4.39 Å². The van der Waals surface area contributed by atoms with Crippen LogP contribution in [0.5, 0.6) is 5.75 Å². The lowest BCUT2D eigenvalue weighted by Gasteiger charge is -2.30. The molecular weight excluding hydrogens is 405 g/mol. The SMILES string of the molecule is COc1cccc(CN(CCN2CCOCC2)Cc2cccn2Cc2ccccc2F)c1. The molecule has 6 heteroatoms. The summed E-state index contributed by atoms with van der Waals surface area (Å²) < 4.78 is 27.3. The lowest BCUT2D eigenvalue weighted by Crippen LogP contribution is -2.41. The van der Waals surface area contributed by atoms with E-state index in [0.717, 1.165) is 58.2 Å². The number of hydrogen-bond acceptors (Lipinski definition) is 4. The van der Waals surface area contributed by atoms with Gasteiger partial charge in [0.25, 0.3) is 0 Å². The van der Waals surface area contributed by atoms with Gasteiger partial charge >= 0.3 is 0 Å². The van der Waals surface area contributed by atoms with Crippen molar-refractivity contribution < 1.29 is 13.9 Å². The second kappa shape index (κ2) is 11.3. The molecule has 3 aromatic rings. The Balaban J connectivity index is 1.48. The van der Waals surface area contributed by atoms with Crippen molar-refractivity contribution in [2.24, 2.45) is 0 Å². The summed E-state index contributed by atoms with van der Waals surface area (Å²) in [6.07, 6.45) is 2.04. The third-order valence-corrected chi connectivity index (χ3v) is 5.98. The van der Waals surface area contributed by atoms with Gasteiger partial charge in [-0.15, -0.1) is 0 Å². The fraction of sp³-hybridized carbons (Fsp3) is 0.385. The zero-order valence-electron chi connectivity index (χ0n) is 18.8. The van der Waals surface area contributed by atoms with E-state index in [-0.39, 0.29) is 5.82 Å². The van der Waals surface area contributed by atoms with E-state index in [2.05, 4.69) is 32.6 Å². The van der Waals surface area contributed by atoms with Crippen molar-refractivity contribution in [1.82, 2.24) is 14.4 Å². The van der Waals surface area contributed by atoms with Gasteiger partial charge in [0.05, 0.1) is 26.9 Å². The second-order valence-corrected chi connectivity index (χ2v) is 8.24. The predicted octanol–water partition coefficient (Wildman–Crippen LogP) is 4.02. The first-order valence-electron chi connectivity index (χ1n) is 11.2. The minimum atomic E-state index is -0.160. The van der Waals surface area contributed by atoms with Gasteiger partial charge in [0.2, 0.25) is 0 Å². The van der Waals surface area contributed by atoms with E-state index in [9.17, 15) is 4.39 Å². The van der Waals surface area contributed by atoms with Crippen LogP contribution in [0.3, 0.4) is 0 Å². The van der Waals surface area contributed by atoms with Crippen molar-refractivity contribution in [3.8, 4) is 5.75 Å². The van der Waals surface area contributed by atoms with Crippen LogP contribution < -0.4 is 4.74 Å². The van der Waals surface area contributed by atoms with Crippen LogP contribution in [-0.2, 0) is 24.4 Å². The predicted molar refractivity (Wildman–Crippen MR) is 124 cm³/mol. The molecule has 4 rings (SSSR count). The summed E-state index contributed by atoms with van der Waals surface area (Å²) in [5.74, 6) is 0.714. The molecule has 170 valence electrons. The third kappa shape index (κ3) is 6.19. The number of rotatable bonds is 10. The maximum Gasteiger partial charge on any atom is 0.128 e. The van der Waals surface area contributed by atoms with Crippen molar-refractivity contribution in [2.45, 2.75) is 19.6 Å². The quantitative estimate of drug-likeness (QED) is 0.479. The Morgan fingerprint density at radius 1 is 1.00 bits per heavy atom. The van der Waals surface area contributed by atoms with Gasteiger partial charge in [0.1, 0.15) is 11.6 Å². The fourth-order valence-electron chi connectivity index (χ4n) is 4.14. The highest BCUT2D eigenvalue weighted by Crippen LogP contribution is 2.18. The number of ether oxygens (including phenoxy) is 2. The first-order chi connectivity index (χ1) is 15.7. The van der Waals surface area contributed by atoms with E-state index in [1.807, 2.05) is 36.5 Å². The van der Waals surface area contributed by atoms with Crippen LogP contribution in [0.15, 0.2) is 66.9 Å². The van der Waals surface area contributed by atoms with Gasteiger partial charge in [-0.2, -0.15) is 0 Å². The first-order valence-corrected chi connectivity index (χ1v) is 11.2. The van der Waals surface area contributed by atoms with E-state index in [4.69, 9.17) is 9.47 Å². The lowest BCUT2D eigenvalue weighted by molar-refractivity contribution is 0.0323. The molecule has 32 heavy (non-hydrogen) atoms. The number of morpholine rings is 1. The zero-order chi connectivity index (χ0) is 22.2. The van der Waals surface area contributed by atoms with Crippen molar-refractivity contribution in [3.05, 3.63) is 89.5 Å². The molecule has 0 aliphatic carbocycles. The molecular formula is C26H32FN3O2. The highest BCUT2D eigenvalue weighted by molar-refractivity contribution is 5.28. The van der Waals surface area contributed by atoms with E-state index in [0.29, 0.717) is 12.1 Å². The summed E-state index contributed by atoms with van der Waals surface area (Å²) in [7, 11) is 1.70. The maximum atomic E-state index is 14.2. The van der Waals surface area contributed by atoms with Gasteiger partial charge in [-0.1, -0.05) is 30.3 Å². The molecule has 0 atom stereocenters. The zero-order valence-corrected chi connectivity index (χ0v) is 18.8. The molecule has 0 radical (unpaired) electrons. The van der Waals surface area contributed by atoms with E-state index < -0.39 is 0 Å². The summed E-state index contributed by atoms with van der Waals surface area (Å²) in [6, 6.07) is 19.4. The molecule has 1 saturated heterocycles. The number of nitrogens with zero attached hydrogens (tertiary/aromatic N) is 3. The van der Waals surface area contributed by atoms with Crippen molar-refractivity contribution in [1.29, 1.82) is 0 Å². The van der Waals surface area contributed by atoms with Crippen LogP contribution >= 0.6 is 0 Å². The minimum Gasteiger partial charge on any atom is -0.497 e. The van der Waals surface area contributed by atoms with Crippen LogP contribution in [-0.4, -0.2) is 60.9 Å². The topological polar surface area (TPSA) is 29.9 Å². The molecule has 1 aromatic heterocycles. The fourth-order valence-corrected chi connectivity index (χ4v) is 4.14. The van der Waals surface area contributed by atoms with Gasteiger partial charge in [0.15, 0.2) is 0 Å². The van der Waals surface area contributed by atoms with Gasteiger partial charge in [0, 0.05) is 56.7 Å². The molecule has 0 unspecified atom stereocenters. The van der Waals surface area contributed by atoms with Crippen molar-refractivity contribution in [3.63, 3.8) is 0 Å². The van der Waals surface area contributed by atoms with E-state index in [1.165, 1.54) is 17.3 Å². The van der Waals surface area contributed by atoms with Crippen LogP contribution in [0.1, 0.15) is 16.8 Å². The number of halogens is 1. The molecule has 1 aliphatic rings. The van der Waals surface area contributed by atoms with Gasteiger partial charge in [-0.05, 0) is 35.9 Å². The number of methoxy groups -OCH3 is 1. The Bertz CT molecular complexity index is 984. The van der Waals surface area contributed by atoms with Gasteiger partial charge in [-0.25, -0.2) is 4.39 Å². The van der Waals surface area contributed by atoms with Crippen LogP contribution in [0.25, 0.3) is 0 Å². The normalized spacial score (nSPS) is 14.7. The first kappa shape index (κ1) is 22.5. The smallest absolute Gasteiger partial charge is 0.128 e. The summed E-state index contributed by atoms with van der Waals surface area (Å²) in [5, 5.41) is 0. The number of aromatic nitrogens is 1. The van der Waals surface area contributed by atoms with Crippen LogP contribution in [0.2, 0.25) is 0 Å². The van der Waals surface area contributed by atoms with Crippen LogP contribution in [0, 0.1) is 5.82 Å². The van der Waals surface area contributed by atoms with Crippen molar-refractivity contribution in [2.75, 3.05) is 46.5 Å². The molecule has 2 heterocycles. The molecule has 0 N–H and O–H groups in total. The standard InChI is InChI=1S/C26H32FN3O2/c1-31-25-9-4-6-22(18-25)19-29(13-12-28-14-16-32-17-15-28)21-24-8-5-11-30(24)20-23-7-2-3-10-26(23)27/h2-11,18H,12-17,19-21H2,1H3. The average molecular weight is 438 g/mol. The summed E-state index contributed by atoms with van der Waals surface area (Å²) in [6.45, 7) is 7.68. The molecule has 0 saturated carbocycles. The molecule has 1 fully saturated rings. The van der Waals surface area contributed by atoms with E-state index in [1.54, 1.807) is 13.2 Å². The molecule has 5 nitrogen and oxygen atoms in total. The second-order valence-electron chi connectivity index (χ2n) is 8.24. The highest BCUT2D eigenvalue weighted by Gasteiger charge is 2.15. The number of benzene rings is 2. The molecule has 0 bridgehead atoms. The minimum absolute atomic E-state index is 0.160. The Morgan fingerprint density at radius 3 is 2.66 bits per heavy atom. The molecule has 0 spiro atoms. The highest BCUT2D eigenvalue weighted by atomic mass is 19.1. The summed E-state index contributed by atoms with van der Waals surface area (Å²) in [5.41, 5.74) is 3.11. The van der Waals surface area contributed by atoms with E-state index >= 15 is 0 Å². The Kier molecular flexibility index (Phi) is 7.93. The Morgan fingerprint density at radius 2 is 1.84 bits per heavy atom. The third-order valence-electron chi connectivity index (χ3n) is 5.98. The molecule has 2 aromatic carbocycles. The largest absolute Gasteiger partial charge is 0.497 e. The monoisotopic (exact) mass is 437 g/mol. The Hall–Kier alpha value is -2.67. The summed E-state index contributed by atoms with van der Waals surface area (Å²) in [4.78, 5) is 4.91. The number of hydrogen-bond donors (Lipinski definition) is 0. The average Bonchev–Trinajstić information content (AvgIpc) is 3.26. The lowest BCUT2D eigenvalue weighted by atomic mass is 10.2. The Labute approximate surface area is 190 Å². The maximum absolute atomic E-state index is 14.2. The van der Waals surface area contributed by atoms with Gasteiger partial charge in [-0.3, -0.25) is 9.80 Å². The summed E-state index contributed by atoms with van der Waals surface area (Å²) >= 11 is 0. The molecule has 1 aliphatic heterocycles. The molecule has 0 amide bonds. The van der Waals surface area contributed by atoms with Gasteiger partial charge < -0.3 is 14.0 Å². The van der Waals surface area contributed by atoms with Crippen molar-refractivity contribution >= 4 is 0 Å².